The monoisotopic (exact) mass is 289 g/mol. The van der Waals surface area contributed by atoms with E-state index >= 15 is 0 Å². The zero-order valence-electron chi connectivity index (χ0n) is 9.08. The minimum Gasteiger partial charge on any atom is -0.282 e. The van der Waals surface area contributed by atoms with E-state index in [1.807, 2.05) is 0 Å². The highest BCUT2D eigenvalue weighted by Crippen LogP contribution is 2.23. The first-order valence-corrected chi connectivity index (χ1v) is 7.10. The molecule has 0 aliphatic carbocycles. The molecule has 18 heavy (non-hydrogen) atoms. The summed E-state index contributed by atoms with van der Waals surface area (Å²) in [6, 6.07) is 2.66. The van der Waals surface area contributed by atoms with E-state index in [0.29, 0.717) is 0 Å². The molecule has 0 saturated heterocycles. The van der Waals surface area contributed by atoms with Gasteiger partial charge < -0.3 is 0 Å². The number of hydrogen-bond donors (Lipinski definition) is 2. The summed E-state index contributed by atoms with van der Waals surface area (Å²) < 4.78 is 44.0. The first-order chi connectivity index (χ1) is 8.38. The molecular formula is C9H8FN3O3S2. The Kier molecular flexibility index (Phi) is 4.66. The van der Waals surface area contributed by atoms with E-state index in [0.717, 1.165) is 30.0 Å². The zero-order chi connectivity index (χ0) is 13.8. The largest absolute Gasteiger partial charge is 0.294 e. The van der Waals surface area contributed by atoms with E-state index in [4.69, 9.17) is 9.81 Å². The number of nitriles is 1. The van der Waals surface area contributed by atoms with Crippen molar-refractivity contribution < 1.29 is 17.4 Å². The summed E-state index contributed by atoms with van der Waals surface area (Å²) in [6.45, 7) is 0. The van der Waals surface area contributed by atoms with Crippen LogP contribution in [0.5, 0.6) is 0 Å². The Bertz CT molecular complexity index is 622. The quantitative estimate of drug-likeness (QED) is 0.281. The van der Waals surface area contributed by atoms with E-state index in [2.05, 4.69) is 10.3 Å². The van der Waals surface area contributed by atoms with E-state index in [9.17, 15) is 12.8 Å². The fourth-order valence-electron chi connectivity index (χ4n) is 1.02. The molecule has 1 aromatic carbocycles. The Labute approximate surface area is 107 Å². The number of thioether (sulfide) groups is 1. The molecule has 0 amide bonds. The van der Waals surface area contributed by atoms with Gasteiger partial charge in [-0.15, -0.1) is 0 Å². The molecule has 0 heterocycles. The van der Waals surface area contributed by atoms with Crippen LogP contribution >= 0.6 is 11.8 Å². The van der Waals surface area contributed by atoms with Crippen LogP contribution in [0.15, 0.2) is 28.1 Å². The Balaban J connectivity index is 3.29. The maximum Gasteiger partial charge on any atom is 0.294 e. The molecule has 0 aromatic heterocycles. The molecule has 0 radical (unpaired) electrons. The first-order valence-electron chi connectivity index (χ1n) is 4.43. The lowest BCUT2D eigenvalue weighted by atomic mass is 10.3. The summed E-state index contributed by atoms with van der Waals surface area (Å²) in [7, 11) is -4.43. The Morgan fingerprint density at radius 3 is 2.78 bits per heavy atom. The Hall–Kier alpha value is -1.63. The molecular weight excluding hydrogens is 281 g/mol. The van der Waals surface area contributed by atoms with Gasteiger partial charge in [0.1, 0.15) is 11.5 Å². The number of nitrogens with one attached hydrogen (secondary N) is 1. The second kappa shape index (κ2) is 5.81. The minimum absolute atomic E-state index is 0.101. The van der Waals surface area contributed by atoms with Crippen molar-refractivity contribution in [1.82, 2.24) is 5.32 Å². The molecule has 1 aromatic rings. The van der Waals surface area contributed by atoms with Gasteiger partial charge in [0.25, 0.3) is 10.1 Å². The highest BCUT2D eigenvalue weighted by molar-refractivity contribution is 8.13. The van der Waals surface area contributed by atoms with E-state index in [1.54, 1.807) is 12.4 Å². The van der Waals surface area contributed by atoms with Crippen molar-refractivity contribution in [2.75, 3.05) is 6.26 Å². The van der Waals surface area contributed by atoms with Gasteiger partial charge in [-0.25, -0.2) is 9.38 Å². The third-order valence-electron chi connectivity index (χ3n) is 1.79. The molecule has 6 nitrogen and oxygen atoms in total. The second-order valence-electron chi connectivity index (χ2n) is 2.95. The van der Waals surface area contributed by atoms with Crippen LogP contribution in [0.4, 0.5) is 10.1 Å². The summed E-state index contributed by atoms with van der Waals surface area (Å²) in [4.78, 5) is 3.26. The van der Waals surface area contributed by atoms with Crippen LogP contribution in [0.25, 0.3) is 0 Å². The summed E-state index contributed by atoms with van der Waals surface area (Å²) in [6.07, 6.45) is 3.22. The van der Waals surface area contributed by atoms with Crippen molar-refractivity contribution in [3.05, 3.63) is 24.0 Å². The van der Waals surface area contributed by atoms with Crippen molar-refractivity contribution >= 4 is 32.7 Å². The molecule has 96 valence electrons. The fraction of sp³-hybridized carbons (Fsp3) is 0.111. The molecule has 0 fully saturated rings. The summed E-state index contributed by atoms with van der Waals surface area (Å²) in [5, 5.41) is 10.7. The van der Waals surface area contributed by atoms with Crippen LogP contribution in [0.3, 0.4) is 0 Å². The van der Waals surface area contributed by atoms with Gasteiger partial charge in [-0.05, 0) is 24.5 Å². The number of rotatable bonds is 2. The standard InChI is InChI=1S/C9H8FN3O3S2/c1-17-9(12-5-11)13-8-4-6(18(14,15)16)2-3-7(8)10/h2-4H,1H3,(H,12,13)(H,14,15,16). The van der Waals surface area contributed by atoms with Gasteiger partial charge >= 0.3 is 0 Å². The molecule has 1 rings (SSSR count). The highest BCUT2D eigenvalue weighted by atomic mass is 32.2. The number of halogens is 1. The molecule has 0 spiro atoms. The zero-order valence-corrected chi connectivity index (χ0v) is 10.7. The van der Waals surface area contributed by atoms with E-state index in [1.165, 1.54) is 0 Å². The van der Waals surface area contributed by atoms with Crippen molar-refractivity contribution in [2.24, 2.45) is 4.99 Å². The first kappa shape index (κ1) is 14.4. The van der Waals surface area contributed by atoms with Crippen LogP contribution in [0, 0.1) is 17.3 Å². The molecule has 0 bridgehead atoms. The summed E-state index contributed by atoms with van der Waals surface area (Å²) in [5.74, 6) is -0.770. The normalized spacial score (nSPS) is 12.0. The third-order valence-corrected chi connectivity index (χ3v) is 3.22. The molecule has 2 N–H and O–H groups in total. The molecule has 0 aliphatic heterocycles. The van der Waals surface area contributed by atoms with Crippen molar-refractivity contribution in [1.29, 1.82) is 5.26 Å². The number of hydrogen-bond acceptors (Lipinski definition) is 5. The van der Waals surface area contributed by atoms with Crippen molar-refractivity contribution in [2.45, 2.75) is 4.90 Å². The van der Waals surface area contributed by atoms with Crippen molar-refractivity contribution in [3.8, 4) is 6.19 Å². The predicted molar refractivity (Wildman–Crippen MR) is 65.6 cm³/mol. The van der Waals surface area contributed by atoms with Crippen LogP contribution in [0.2, 0.25) is 0 Å². The Morgan fingerprint density at radius 2 is 2.28 bits per heavy atom. The van der Waals surface area contributed by atoms with Crippen LogP contribution in [0.1, 0.15) is 0 Å². The topological polar surface area (TPSA) is 103 Å². The number of amidine groups is 1. The average Bonchev–Trinajstić information content (AvgIpc) is 2.29. The van der Waals surface area contributed by atoms with E-state index < -0.39 is 20.8 Å². The third kappa shape index (κ3) is 3.69. The van der Waals surface area contributed by atoms with Gasteiger partial charge in [-0.2, -0.15) is 13.7 Å². The van der Waals surface area contributed by atoms with Gasteiger partial charge in [-0.3, -0.25) is 9.87 Å². The van der Waals surface area contributed by atoms with Gasteiger partial charge in [0, 0.05) is 0 Å². The maximum absolute atomic E-state index is 13.4. The van der Waals surface area contributed by atoms with Crippen molar-refractivity contribution in [3.63, 3.8) is 0 Å². The lowest BCUT2D eigenvalue weighted by Crippen LogP contribution is -2.12. The molecule has 9 heteroatoms. The average molecular weight is 289 g/mol. The molecule has 0 aliphatic rings. The number of aliphatic imine (C=N–C) groups is 1. The second-order valence-corrected chi connectivity index (χ2v) is 5.16. The van der Waals surface area contributed by atoms with Crippen LogP contribution in [-0.2, 0) is 10.1 Å². The molecule has 0 atom stereocenters. The number of benzene rings is 1. The van der Waals surface area contributed by atoms with Crippen LogP contribution in [-0.4, -0.2) is 24.4 Å². The fourth-order valence-corrected chi connectivity index (χ4v) is 1.86. The van der Waals surface area contributed by atoms with Gasteiger partial charge in [0.2, 0.25) is 0 Å². The molecule has 0 saturated carbocycles. The SMILES string of the molecule is CSC(=Nc1cc(S(=O)(=O)O)ccc1F)NC#N. The van der Waals surface area contributed by atoms with E-state index in [-0.39, 0.29) is 10.9 Å². The summed E-state index contributed by atoms with van der Waals surface area (Å²) in [5.41, 5.74) is -0.294. The Morgan fingerprint density at radius 1 is 1.61 bits per heavy atom. The predicted octanol–water partition coefficient (Wildman–Crippen LogP) is 1.49. The lowest BCUT2D eigenvalue weighted by Gasteiger charge is -2.03. The van der Waals surface area contributed by atoms with Crippen LogP contribution < -0.4 is 5.32 Å². The van der Waals surface area contributed by atoms with Gasteiger partial charge in [-0.1, -0.05) is 11.8 Å². The van der Waals surface area contributed by atoms with Gasteiger partial charge in [0.05, 0.1) is 4.90 Å². The van der Waals surface area contributed by atoms with Gasteiger partial charge in [0.15, 0.2) is 11.4 Å². The highest BCUT2D eigenvalue weighted by Gasteiger charge is 2.13. The minimum atomic E-state index is -4.43. The maximum atomic E-state index is 13.4. The molecule has 0 unspecified atom stereocenters. The smallest absolute Gasteiger partial charge is 0.282 e. The number of nitrogens with zero attached hydrogens (tertiary/aromatic N) is 2. The lowest BCUT2D eigenvalue weighted by molar-refractivity contribution is 0.483. The summed E-state index contributed by atoms with van der Waals surface area (Å²) >= 11 is 1.05.